The molecule has 2 heterocycles. The van der Waals surface area contributed by atoms with Crippen molar-refractivity contribution in [3.8, 4) is 0 Å². The molecule has 1 aromatic rings. The number of hydrogen-bond donors (Lipinski definition) is 2. The van der Waals surface area contributed by atoms with Crippen LogP contribution in [0.1, 0.15) is 11.3 Å². The minimum absolute atomic E-state index is 0.0479. The second-order valence-corrected chi connectivity index (χ2v) is 4.24. The molecule has 5 nitrogen and oxygen atoms in total. The summed E-state index contributed by atoms with van der Waals surface area (Å²) in [6.45, 7) is 4.34. The second kappa shape index (κ2) is 3.78. The summed E-state index contributed by atoms with van der Waals surface area (Å²) in [7, 11) is 0. The van der Waals surface area contributed by atoms with Crippen LogP contribution in [0.2, 0.25) is 0 Å². The summed E-state index contributed by atoms with van der Waals surface area (Å²) < 4.78 is 0. The summed E-state index contributed by atoms with van der Waals surface area (Å²) >= 11 is 0. The Kier molecular flexibility index (Phi) is 2.26. The number of nitrogens with zero attached hydrogens (tertiary/aromatic N) is 2. The number of aromatic nitrogens is 2. The van der Waals surface area contributed by atoms with E-state index in [-0.39, 0.29) is 11.9 Å². The van der Waals surface area contributed by atoms with Gasteiger partial charge in [-0.15, -0.1) is 0 Å². The molecule has 5 heteroatoms. The third kappa shape index (κ3) is 1.74. The Hall–Kier alpha value is -2.01. The molecule has 1 atom stereocenters. The molecule has 1 aliphatic heterocycles. The monoisotopic (exact) mass is 228 g/mol. The van der Waals surface area contributed by atoms with Crippen molar-refractivity contribution in [3.63, 3.8) is 0 Å². The van der Waals surface area contributed by atoms with Gasteiger partial charge in [0, 0.05) is 18.7 Å². The van der Waals surface area contributed by atoms with Gasteiger partial charge in [-0.25, -0.2) is 0 Å². The van der Waals surface area contributed by atoms with E-state index >= 15 is 0 Å². The second-order valence-electron chi connectivity index (χ2n) is 4.24. The number of carbonyl (C=O) groups excluding carboxylic acids is 1. The Balaban J connectivity index is 1.84. The molecular formula is C12H12N4O. The minimum Gasteiger partial charge on any atom is -0.327 e. The fourth-order valence-corrected chi connectivity index (χ4v) is 2.18. The number of hydrogen-bond acceptors (Lipinski definition) is 4. The maximum atomic E-state index is 11.8. The quantitative estimate of drug-likeness (QED) is 0.711. The van der Waals surface area contributed by atoms with Gasteiger partial charge in [0.05, 0.1) is 11.9 Å². The summed E-state index contributed by atoms with van der Waals surface area (Å²) in [5.41, 5.74) is 3.73. The average molecular weight is 228 g/mol. The van der Waals surface area contributed by atoms with Gasteiger partial charge in [-0.2, -0.15) is 10.2 Å². The molecule has 86 valence electrons. The van der Waals surface area contributed by atoms with Crippen molar-refractivity contribution in [3.05, 3.63) is 41.4 Å². The van der Waals surface area contributed by atoms with Crippen molar-refractivity contribution in [1.29, 1.82) is 0 Å². The van der Waals surface area contributed by atoms with E-state index < -0.39 is 0 Å². The van der Waals surface area contributed by atoms with Crippen LogP contribution < -0.4 is 10.6 Å². The van der Waals surface area contributed by atoms with Crippen LogP contribution in [-0.4, -0.2) is 28.7 Å². The number of nitrogens with one attached hydrogen (secondary N) is 2. The van der Waals surface area contributed by atoms with Crippen LogP contribution in [0.3, 0.4) is 0 Å². The zero-order chi connectivity index (χ0) is 11.8. The molecule has 1 saturated heterocycles. The van der Waals surface area contributed by atoms with E-state index in [0.29, 0.717) is 18.7 Å². The SMILES string of the molecule is C=C1CNC(C2=Cc3ccnnc3C2)C(=O)N1. The summed E-state index contributed by atoms with van der Waals surface area (Å²) in [4.78, 5) is 11.8. The van der Waals surface area contributed by atoms with Crippen LogP contribution in [0.15, 0.2) is 30.1 Å². The first-order valence-corrected chi connectivity index (χ1v) is 5.47. The number of fused-ring (bicyclic) bond motifs is 1. The molecule has 2 N–H and O–H groups in total. The lowest BCUT2D eigenvalue weighted by Gasteiger charge is -2.25. The van der Waals surface area contributed by atoms with Crippen molar-refractivity contribution in [2.24, 2.45) is 0 Å². The molecule has 0 saturated carbocycles. The highest BCUT2D eigenvalue weighted by atomic mass is 16.2. The Morgan fingerprint density at radius 2 is 2.35 bits per heavy atom. The largest absolute Gasteiger partial charge is 0.327 e. The van der Waals surface area contributed by atoms with Crippen LogP contribution in [0, 0.1) is 0 Å². The highest BCUT2D eigenvalue weighted by Crippen LogP contribution is 2.25. The van der Waals surface area contributed by atoms with Gasteiger partial charge in [-0.1, -0.05) is 12.7 Å². The number of amides is 1. The van der Waals surface area contributed by atoms with E-state index in [0.717, 1.165) is 16.8 Å². The summed E-state index contributed by atoms with van der Waals surface area (Å²) in [6, 6.07) is 1.63. The van der Waals surface area contributed by atoms with Gasteiger partial charge in [-0.3, -0.25) is 10.1 Å². The molecule has 1 fully saturated rings. The Morgan fingerprint density at radius 1 is 1.47 bits per heavy atom. The molecule has 0 bridgehead atoms. The van der Waals surface area contributed by atoms with E-state index in [1.165, 1.54) is 0 Å². The molecule has 1 aliphatic carbocycles. The van der Waals surface area contributed by atoms with Gasteiger partial charge >= 0.3 is 0 Å². The van der Waals surface area contributed by atoms with Gasteiger partial charge in [0.25, 0.3) is 0 Å². The predicted molar refractivity (Wildman–Crippen MR) is 62.8 cm³/mol. The number of rotatable bonds is 1. The first-order chi connectivity index (χ1) is 8.24. The highest BCUT2D eigenvalue weighted by Gasteiger charge is 2.29. The Bertz CT molecular complexity index is 535. The third-order valence-corrected chi connectivity index (χ3v) is 3.00. The molecule has 17 heavy (non-hydrogen) atoms. The first kappa shape index (κ1) is 10.2. The normalized spacial score (nSPS) is 23.1. The predicted octanol–water partition coefficient (Wildman–Crippen LogP) is 0.0178. The molecule has 0 spiro atoms. The summed E-state index contributed by atoms with van der Waals surface area (Å²) in [6.07, 6.45) is 4.35. The standard InChI is InChI=1S/C12H12N4O/c1-7-6-13-11(12(17)15-7)9-4-8-2-3-14-16-10(8)5-9/h2-4,11,13H,1,5-6H2,(H,15,17). The van der Waals surface area contributed by atoms with Gasteiger partial charge in [-0.05, 0) is 17.2 Å². The lowest BCUT2D eigenvalue weighted by molar-refractivity contribution is -0.122. The summed E-state index contributed by atoms with van der Waals surface area (Å²) in [5.74, 6) is -0.0479. The van der Waals surface area contributed by atoms with Crippen LogP contribution in [0.4, 0.5) is 0 Å². The number of piperazine rings is 1. The molecule has 0 aromatic carbocycles. The fraction of sp³-hybridized carbons (Fsp3) is 0.250. The maximum absolute atomic E-state index is 11.8. The van der Waals surface area contributed by atoms with Crippen molar-refractivity contribution >= 4 is 12.0 Å². The summed E-state index contributed by atoms with van der Waals surface area (Å²) in [5, 5.41) is 13.8. The van der Waals surface area contributed by atoms with E-state index in [2.05, 4.69) is 27.4 Å². The van der Waals surface area contributed by atoms with Crippen molar-refractivity contribution in [2.75, 3.05) is 6.54 Å². The fourth-order valence-electron chi connectivity index (χ4n) is 2.18. The molecule has 0 radical (unpaired) electrons. The molecule has 2 aliphatic rings. The van der Waals surface area contributed by atoms with Crippen LogP contribution in [-0.2, 0) is 11.2 Å². The maximum Gasteiger partial charge on any atom is 0.245 e. The molecular weight excluding hydrogens is 216 g/mol. The van der Waals surface area contributed by atoms with Crippen molar-refractivity contribution < 1.29 is 4.79 Å². The van der Waals surface area contributed by atoms with E-state index in [4.69, 9.17) is 0 Å². The Labute approximate surface area is 98.6 Å². The van der Waals surface area contributed by atoms with E-state index in [1.807, 2.05) is 12.1 Å². The van der Waals surface area contributed by atoms with E-state index in [1.54, 1.807) is 6.20 Å². The zero-order valence-corrected chi connectivity index (χ0v) is 9.23. The Morgan fingerprint density at radius 3 is 3.12 bits per heavy atom. The molecule has 1 aromatic heterocycles. The lowest BCUT2D eigenvalue weighted by Crippen LogP contribution is -2.52. The smallest absolute Gasteiger partial charge is 0.245 e. The number of carbonyl (C=O) groups is 1. The van der Waals surface area contributed by atoms with Crippen LogP contribution in [0.25, 0.3) is 6.08 Å². The van der Waals surface area contributed by atoms with E-state index in [9.17, 15) is 4.79 Å². The molecule has 3 rings (SSSR count). The zero-order valence-electron chi connectivity index (χ0n) is 9.23. The van der Waals surface area contributed by atoms with Gasteiger partial charge in [0.1, 0.15) is 6.04 Å². The minimum atomic E-state index is -0.283. The first-order valence-electron chi connectivity index (χ1n) is 5.47. The molecule has 1 amide bonds. The third-order valence-electron chi connectivity index (χ3n) is 3.00. The van der Waals surface area contributed by atoms with Crippen molar-refractivity contribution in [1.82, 2.24) is 20.8 Å². The van der Waals surface area contributed by atoms with Gasteiger partial charge < -0.3 is 5.32 Å². The van der Waals surface area contributed by atoms with Crippen molar-refractivity contribution in [2.45, 2.75) is 12.5 Å². The van der Waals surface area contributed by atoms with Crippen LogP contribution >= 0.6 is 0 Å². The van der Waals surface area contributed by atoms with Gasteiger partial charge in [0.2, 0.25) is 5.91 Å². The molecule has 1 unspecified atom stereocenters. The average Bonchev–Trinajstić information content (AvgIpc) is 2.72. The lowest BCUT2D eigenvalue weighted by atomic mass is 10.0. The van der Waals surface area contributed by atoms with Crippen LogP contribution in [0.5, 0.6) is 0 Å². The van der Waals surface area contributed by atoms with Gasteiger partial charge in [0.15, 0.2) is 0 Å². The highest BCUT2D eigenvalue weighted by molar-refractivity contribution is 5.89. The topological polar surface area (TPSA) is 66.9 Å².